The molecule has 0 unspecified atom stereocenters. The van der Waals surface area contributed by atoms with Gasteiger partial charge in [0.25, 0.3) is 0 Å². The van der Waals surface area contributed by atoms with Crippen LogP contribution in [0.3, 0.4) is 0 Å². The van der Waals surface area contributed by atoms with Gasteiger partial charge in [-0.05, 0) is 18.3 Å². The van der Waals surface area contributed by atoms with Gasteiger partial charge in [-0.2, -0.15) is 0 Å². The predicted octanol–water partition coefficient (Wildman–Crippen LogP) is 0.0945. The van der Waals surface area contributed by atoms with Crippen LogP contribution < -0.4 is 5.73 Å². The van der Waals surface area contributed by atoms with Crippen LogP contribution in [0, 0.1) is 0 Å². The van der Waals surface area contributed by atoms with Crippen molar-refractivity contribution in [1.82, 2.24) is 0 Å². The van der Waals surface area contributed by atoms with Crippen molar-refractivity contribution in [2.24, 2.45) is 5.73 Å². The average Bonchev–Trinajstić information content (AvgIpc) is 1.68. The van der Waals surface area contributed by atoms with E-state index in [1.165, 1.54) is 0 Å². The minimum Gasteiger partial charge on any atom is -0.332 e. The molecule has 2 heteroatoms. The van der Waals surface area contributed by atoms with E-state index in [9.17, 15) is 0 Å². The summed E-state index contributed by atoms with van der Waals surface area (Å²) in [5, 5.41) is 0. The Kier molecular flexibility index (Phi) is 2.37. The van der Waals surface area contributed by atoms with Gasteiger partial charge in [0.05, 0.1) is 0 Å². The lowest BCUT2D eigenvalue weighted by Crippen LogP contribution is -2.38. The molecule has 7 heavy (non-hydrogen) atoms. The average molecular weight is 99.0 g/mol. The summed E-state index contributed by atoms with van der Waals surface area (Å²) in [6, 6.07) is 0. The molecule has 0 aromatic rings. The van der Waals surface area contributed by atoms with E-state index in [2.05, 4.69) is 21.7 Å². The molecule has 1 nitrogen and oxygen atoms in total. The minimum absolute atomic E-state index is 0.0833. The molecule has 0 rings (SSSR count). The van der Waals surface area contributed by atoms with Crippen LogP contribution in [0.5, 0.6) is 0 Å². The van der Waals surface area contributed by atoms with Gasteiger partial charge in [-0.25, -0.2) is 0 Å². The van der Waals surface area contributed by atoms with Crippen molar-refractivity contribution in [1.29, 1.82) is 0 Å². The van der Waals surface area contributed by atoms with Crippen molar-refractivity contribution in [3.8, 4) is 0 Å². The highest BCUT2D eigenvalue weighted by Gasteiger charge is 2.10. The fourth-order valence-electron chi connectivity index (χ4n) is 0.250. The first-order valence-corrected chi connectivity index (χ1v) is 2.91. The van der Waals surface area contributed by atoms with E-state index in [-0.39, 0.29) is 5.44 Å². The fourth-order valence-corrected chi connectivity index (χ4v) is 0.250. The Morgan fingerprint density at radius 2 is 1.71 bits per heavy atom. The normalized spacial score (nSPS) is 11.9. The van der Waals surface area contributed by atoms with Crippen molar-refractivity contribution < 1.29 is 0 Å². The standard InChI is InChI=1S/C5H14BN/c1-3-5(6,7)4-2/h3-4,6-7H2,1-2H3. The van der Waals surface area contributed by atoms with Crippen molar-refractivity contribution in [3.63, 3.8) is 0 Å². The van der Waals surface area contributed by atoms with Gasteiger partial charge in [0.15, 0.2) is 0 Å². The smallest absolute Gasteiger partial charge is 0.127 e. The van der Waals surface area contributed by atoms with Crippen molar-refractivity contribution in [2.45, 2.75) is 32.1 Å². The molecule has 0 saturated heterocycles. The van der Waals surface area contributed by atoms with Crippen LogP contribution >= 0.6 is 0 Å². The summed E-state index contributed by atoms with van der Waals surface area (Å²) < 4.78 is 0. The molecule has 42 valence electrons. The zero-order valence-corrected chi connectivity index (χ0v) is 5.49. The summed E-state index contributed by atoms with van der Waals surface area (Å²) in [4.78, 5) is 0. The number of hydrogen-bond donors (Lipinski definition) is 1. The summed E-state index contributed by atoms with van der Waals surface area (Å²) in [5.74, 6) is 0. The number of hydrogen-bond acceptors (Lipinski definition) is 1. The van der Waals surface area contributed by atoms with Crippen molar-refractivity contribution in [2.75, 3.05) is 0 Å². The van der Waals surface area contributed by atoms with Gasteiger partial charge in [-0.3, -0.25) is 0 Å². The van der Waals surface area contributed by atoms with Gasteiger partial charge in [0, 0.05) is 0 Å². The molecule has 0 aliphatic heterocycles. The first-order valence-electron chi connectivity index (χ1n) is 2.91. The molecule has 0 aromatic carbocycles. The molecule has 0 aliphatic rings. The molecule has 0 bridgehead atoms. The van der Waals surface area contributed by atoms with Crippen LogP contribution in [0.2, 0.25) is 0 Å². The van der Waals surface area contributed by atoms with Crippen LogP contribution in [0.25, 0.3) is 0 Å². The Labute approximate surface area is 46.7 Å². The Bertz CT molecular complexity index is 46.0. The molecule has 0 radical (unpaired) electrons. The van der Waals surface area contributed by atoms with Crippen LogP contribution in [0.15, 0.2) is 0 Å². The van der Waals surface area contributed by atoms with E-state index in [0.29, 0.717) is 0 Å². The second-order valence-electron chi connectivity index (χ2n) is 2.36. The summed E-state index contributed by atoms with van der Waals surface area (Å²) in [7, 11) is 2.08. The van der Waals surface area contributed by atoms with E-state index in [4.69, 9.17) is 5.73 Å². The highest BCUT2D eigenvalue weighted by atomic mass is 14.7. The van der Waals surface area contributed by atoms with Crippen LogP contribution in [-0.4, -0.2) is 13.3 Å². The van der Waals surface area contributed by atoms with Crippen molar-refractivity contribution in [3.05, 3.63) is 0 Å². The Hall–Kier alpha value is 0.0249. The third kappa shape index (κ3) is 2.69. The highest BCUT2D eigenvalue weighted by Crippen LogP contribution is 2.03. The van der Waals surface area contributed by atoms with Gasteiger partial charge in [0.2, 0.25) is 0 Å². The van der Waals surface area contributed by atoms with Gasteiger partial charge < -0.3 is 5.73 Å². The Balaban J connectivity index is 3.36. The molecular formula is C5H14BN. The molecule has 0 saturated carbocycles. The van der Waals surface area contributed by atoms with E-state index >= 15 is 0 Å². The summed E-state index contributed by atoms with van der Waals surface area (Å²) in [5.41, 5.74) is 5.80. The highest BCUT2D eigenvalue weighted by molar-refractivity contribution is 6.15. The first kappa shape index (κ1) is 7.02. The zero-order chi connectivity index (χ0) is 5.91. The van der Waals surface area contributed by atoms with Crippen LogP contribution in [0.1, 0.15) is 26.7 Å². The van der Waals surface area contributed by atoms with E-state index < -0.39 is 0 Å². The largest absolute Gasteiger partial charge is 0.332 e. The molecular weight excluding hydrogens is 84.9 g/mol. The molecule has 0 amide bonds. The Morgan fingerprint density at radius 1 is 1.43 bits per heavy atom. The quantitative estimate of drug-likeness (QED) is 0.488. The lowest BCUT2D eigenvalue weighted by atomic mass is 9.75. The maximum absolute atomic E-state index is 5.72. The zero-order valence-electron chi connectivity index (χ0n) is 5.49. The molecule has 0 aliphatic carbocycles. The lowest BCUT2D eigenvalue weighted by Gasteiger charge is -2.19. The van der Waals surface area contributed by atoms with Gasteiger partial charge in [0.1, 0.15) is 7.85 Å². The van der Waals surface area contributed by atoms with E-state index in [1.54, 1.807) is 0 Å². The van der Waals surface area contributed by atoms with Gasteiger partial charge >= 0.3 is 0 Å². The SMILES string of the molecule is BC(N)(CC)CC. The van der Waals surface area contributed by atoms with E-state index in [1.807, 2.05) is 0 Å². The molecule has 0 aromatic heterocycles. The maximum atomic E-state index is 5.72. The maximum Gasteiger partial charge on any atom is 0.127 e. The number of nitrogens with two attached hydrogens (primary N) is 1. The second-order valence-corrected chi connectivity index (χ2v) is 2.36. The summed E-state index contributed by atoms with van der Waals surface area (Å²) in [6.45, 7) is 4.23. The van der Waals surface area contributed by atoms with Crippen molar-refractivity contribution >= 4 is 7.85 Å². The predicted molar refractivity (Wildman–Crippen MR) is 36.0 cm³/mol. The Morgan fingerprint density at radius 3 is 1.71 bits per heavy atom. The molecule has 0 atom stereocenters. The first-order chi connectivity index (χ1) is 3.12. The van der Waals surface area contributed by atoms with Crippen LogP contribution in [0.4, 0.5) is 0 Å². The van der Waals surface area contributed by atoms with Crippen LogP contribution in [-0.2, 0) is 0 Å². The molecule has 0 heterocycles. The topological polar surface area (TPSA) is 26.0 Å². The van der Waals surface area contributed by atoms with E-state index in [0.717, 1.165) is 12.8 Å². The summed E-state index contributed by atoms with van der Waals surface area (Å²) in [6.07, 6.45) is 2.15. The fraction of sp³-hybridized carbons (Fsp3) is 1.00. The number of rotatable bonds is 2. The van der Waals surface area contributed by atoms with Gasteiger partial charge in [-0.1, -0.05) is 13.8 Å². The molecule has 0 spiro atoms. The monoisotopic (exact) mass is 99.1 g/mol. The minimum atomic E-state index is 0.0833. The lowest BCUT2D eigenvalue weighted by molar-refractivity contribution is 0.558. The second kappa shape index (κ2) is 2.36. The third-order valence-corrected chi connectivity index (χ3v) is 1.62. The van der Waals surface area contributed by atoms with Gasteiger partial charge in [-0.15, -0.1) is 0 Å². The summed E-state index contributed by atoms with van der Waals surface area (Å²) >= 11 is 0. The molecule has 0 fully saturated rings. The third-order valence-electron chi connectivity index (χ3n) is 1.62. The molecule has 2 N–H and O–H groups in total.